The van der Waals surface area contributed by atoms with Crippen molar-refractivity contribution in [1.29, 1.82) is 0 Å². The van der Waals surface area contributed by atoms with Crippen LogP contribution in [0.2, 0.25) is 0 Å². The SMILES string of the molecule is CC(C)C#CC(O)CC(NC(=O)OC(C)(C)C)C1CCCCC1. The van der Waals surface area contributed by atoms with Crippen molar-refractivity contribution in [3.63, 3.8) is 0 Å². The molecule has 1 amide bonds. The summed E-state index contributed by atoms with van der Waals surface area (Å²) in [7, 11) is 0. The summed E-state index contributed by atoms with van der Waals surface area (Å²) < 4.78 is 5.37. The van der Waals surface area contributed by atoms with Crippen molar-refractivity contribution in [3.8, 4) is 11.8 Å². The fraction of sp³-hybridized carbons (Fsp3) is 0.842. The van der Waals surface area contributed by atoms with Gasteiger partial charge in [-0.2, -0.15) is 0 Å². The van der Waals surface area contributed by atoms with E-state index in [4.69, 9.17) is 4.74 Å². The Morgan fingerprint density at radius 1 is 1.22 bits per heavy atom. The Balaban J connectivity index is 2.69. The fourth-order valence-electron chi connectivity index (χ4n) is 2.93. The first kappa shape index (κ1) is 19.8. The standard InChI is InChI=1S/C19H33NO3/c1-14(2)11-12-16(21)13-17(15-9-7-6-8-10-15)20-18(22)23-19(3,4)5/h14-17,21H,6-10,13H2,1-5H3,(H,20,22). The van der Waals surface area contributed by atoms with Crippen LogP contribution >= 0.6 is 0 Å². The summed E-state index contributed by atoms with van der Waals surface area (Å²) >= 11 is 0. The molecule has 0 aliphatic heterocycles. The summed E-state index contributed by atoms with van der Waals surface area (Å²) in [6, 6.07) is -0.0818. The summed E-state index contributed by atoms with van der Waals surface area (Å²) in [6.45, 7) is 9.55. The lowest BCUT2D eigenvalue weighted by atomic mass is 9.82. The number of aliphatic hydroxyl groups is 1. The smallest absolute Gasteiger partial charge is 0.407 e. The Labute approximate surface area is 141 Å². The number of nitrogens with one attached hydrogen (secondary N) is 1. The molecule has 4 nitrogen and oxygen atoms in total. The normalized spacial score (nSPS) is 18.7. The van der Waals surface area contributed by atoms with Crippen molar-refractivity contribution in [3.05, 3.63) is 0 Å². The van der Waals surface area contributed by atoms with E-state index < -0.39 is 17.8 Å². The second kappa shape index (κ2) is 9.17. The van der Waals surface area contributed by atoms with Crippen molar-refractivity contribution >= 4 is 6.09 Å². The van der Waals surface area contributed by atoms with Crippen LogP contribution in [0.4, 0.5) is 4.79 Å². The molecular formula is C19H33NO3. The van der Waals surface area contributed by atoms with Gasteiger partial charge in [-0.15, -0.1) is 0 Å². The fourth-order valence-corrected chi connectivity index (χ4v) is 2.93. The van der Waals surface area contributed by atoms with Crippen LogP contribution in [0, 0.1) is 23.7 Å². The largest absolute Gasteiger partial charge is 0.444 e. The number of aliphatic hydroxyl groups excluding tert-OH is 1. The van der Waals surface area contributed by atoms with Gasteiger partial charge in [0.2, 0.25) is 0 Å². The lowest BCUT2D eigenvalue weighted by Gasteiger charge is -2.32. The van der Waals surface area contributed by atoms with Gasteiger partial charge in [0.25, 0.3) is 0 Å². The van der Waals surface area contributed by atoms with Crippen LogP contribution in [0.1, 0.15) is 73.1 Å². The summed E-state index contributed by atoms with van der Waals surface area (Å²) in [5.41, 5.74) is -0.517. The van der Waals surface area contributed by atoms with Crippen LogP contribution in [-0.4, -0.2) is 28.9 Å². The third-order valence-electron chi connectivity index (χ3n) is 3.94. The Bertz CT molecular complexity index is 422. The van der Waals surface area contributed by atoms with Gasteiger partial charge < -0.3 is 15.2 Å². The van der Waals surface area contributed by atoms with E-state index in [1.165, 1.54) is 19.3 Å². The molecule has 2 unspecified atom stereocenters. The molecule has 1 rings (SSSR count). The van der Waals surface area contributed by atoms with E-state index in [1.807, 2.05) is 34.6 Å². The molecule has 1 saturated carbocycles. The maximum absolute atomic E-state index is 12.1. The lowest BCUT2D eigenvalue weighted by molar-refractivity contribution is 0.0456. The number of carbonyl (C=O) groups is 1. The van der Waals surface area contributed by atoms with Crippen molar-refractivity contribution in [1.82, 2.24) is 5.32 Å². The highest BCUT2D eigenvalue weighted by Crippen LogP contribution is 2.28. The zero-order valence-corrected chi connectivity index (χ0v) is 15.3. The molecule has 1 fully saturated rings. The molecule has 0 bridgehead atoms. The first-order valence-electron chi connectivity index (χ1n) is 8.86. The second-order valence-corrected chi connectivity index (χ2v) is 7.85. The Hall–Kier alpha value is -1.21. The lowest BCUT2D eigenvalue weighted by Crippen LogP contribution is -2.45. The molecule has 1 aliphatic rings. The zero-order valence-electron chi connectivity index (χ0n) is 15.3. The molecule has 0 aromatic heterocycles. The summed E-state index contributed by atoms with van der Waals surface area (Å²) in [5.74, 6) is 6.52. The molecule has 23 heavy (non-hydrogen) atoms. The van der Waals surface area contributed by atoms with Crippen LogP contribution in [0.5, 0.6) is 0 Å². The molecule has 2 N–H and O–H groups in total. The number of amides is 1. The molecule has 1 aliphatic carbocycles. The van der Waals surface area contributed by atoms with E-state index in [0.29, 0.717) is 12.3 Å². The Morgan fingerprint density at radius 3 is 2.35 bits per heavy atom. The Morgan fingerprint density at radius 2 is 1.83 bits per heavy atom. The number of hydrogen-bond acceptors (Lipinski definition) is 3. The summed E-state index contributed by atoms with van der Waals surface area (Å²) in [5, 5.41) is 13.2. The molecule has 4 heteroatoms. The summed E-state index contributed by atoms with van der Waals surface area (Å²) in [6.07, 6.45) is 5.15. The van der Waals surface area contributed by atoms with Crippen LogP contribution < -0.4 is 5.32 Å². The van der Waals surface area contributed by atoms with Gasteiger partial charge in [0, 0.05) is 18.4 Å². The number of ether oxygens (including phenoxy) is 1. The second-order valence-electron chi connectivity index (χ2n) is 7.85. The van der Waals surface area contributed by atoms with Crippen LogP contribution in [0.25, 0.3) is 0 Å². The van der Waals surface area contributed by atoms with E-state index in [2.05, 4.69) is 17.2 Å². The molecule has 132 valence electrons. The van der Waals surface area contributed by atoms with Gasteiger partial charge in [0.1, 0.15) is 11.7 Å². The van der Waals surface area contributed by atoms with Gasteiger partial charge in [-0.3, -0.25) is 0 Å². The quantitative estimate of drug-likeness (QED) is 0.772. The van der Waals surface area contributed by atoms with Gasteiger partial charge in [-0.1, -0.05) is 45.0 Å². The van der Waals surface area contributed by atoms with Crippen LogP contribution in [0.15, 0.2) is 0 Å². The summed E-state index contributed by atoms with van der Waals surface area (Å²) in [4.78, 5) is 12.1. The van der Waals surface area contributed by atoms with E-state index in [-0.39, 0.29) is 12.0 Å². The highest BCUT2D eigenvalue weighted by molar-refractivity contribution is 5.68. The first-order chi connectivity index (χ1) is 10.7. The van der Waals surface area contributed by atoms with Gasteiger partial charge in [0.15, 0.2) is 0 Å². The highest BCUT2D eigenvalue weighted by Gasteiger charge is 2.28. The van der Waals surface area contributed by atoms with Crippen LogP contribution in [-0.2, 0) is 4.74 Å². The molecule has 0 aromatic rings. The molecule has 0 radical (unpaired) electrons. The van der Waals surface area contributed by atoms with E-state index in [9.17, 15) is 9.90 Å². The van der Waals surface area contributed by atoms with E-state index >= 15 is 0 Å². The third-order valence-corrected chi connectivity index (χ3v) is 3.94. The first-order valence-corrected chi connectivity index (χ1v) is 8.86. The molecule has 0 saturated heterocycles. The maximum atomic E-state index is 12.1. The minimum Gasteiger partial charge on any atom is -0.444 e. The van der Waals surface area contributed by atoms with Crippen molar-refractivity contribution in [2.45, 2.75) is 90.9 Å². The van der Waals surface area contributed by atoms with Gasteiger partial charge >= 0.3 is 6.09 Å². The maximum Gasteiger partial charge on any atom is 0.407 e. The van der Waals surface area contributed by atoms with Crippen LogP contribution in [0.3, 0.4) is 0 Å². The predicted molar refractivity (Wildman–Crippen MR) is 93.0 cm³/mol. The third kappa shape index (κ3) is 8.86. The monoisotopic (exact) mass is 323 g/mol. The molecule has 0 heterocycles. The van der Waals surface area contributed by atoms with Crippen molar-refractivity contribution in [2.75, 3.05) is 0 Å². The number of hydrogen-bond donors (Lipinski definition) is 2. The van der Waals surface area contributed by atoms with Gasteiger partial charge in [-0.05, 0) is 39.5 Å². The molecule has 2 atom stereocenters. The van der Waals surface area contributed by atoms with Gasteiger partial charge in [0.05, 0.1) is 0 Å². The molecule has 0 aromatic carbocycles. The number of rotatable bonds is 4. The number of alkyl carbamates (subject to hydrolysis) is 1. The Kier molecular flexibility index (Phi) is 7.91. The van der Waals surface area contributed by atoms with Gasteiger partial charge in [-0.25, -0.2) is 4.79 Å². The van der Waals surface area contributed by atoms with Crippen molar-refractivity contribution in [2.24, 2.45) is 11.8 Å². The average Bonchev–Trinajstić information content (AvgIpc) is 2.43. The minimum absolute atomic E-state index is 0.0818. The van der Waals surface area contributed by atoms with Crippen molar-refractivity contribution < 1.29 is 14.6 Å². The number of carbonyl (C=O) groups excluding carboxylic acids is 1. The average molecular weight is 323 g/mol. The molecule has 0 spiro atoms. The highest BCUT2D eigenvalue weighted by atomic mass is 16.6. The van der Waals surface area contributed by atoms with E-state index in [1.54, 1.807) is 0 Å². The van der Waals surface area contributed by atoms with E-state index in [0.717, 1.165) is 12.8 Å². The minimum atomic E-state index is -0.709. The topological polar surface area (TPSA) is 58.6 Å². The zero-order chi connectivity index (χ0) is 17.5. The molecular weight excluding hydrogens is 290 g/mol. The predicted octanol–water partition coefficient (Wildman–Crippen LogP) is 3.87.